The number of likely N-dealkylation sites (tertiary alicyclic amines) is 1. The lowest BCUT2D eigenvalue weighted by Crippen LogP contribution is -2.39. The van der Waals surface area contributed by atoms with E-state index in [2.05, 4.69) is 5.32 Å². The van der Waals surface area contributed by atoms with Crippen LogP contribution in [-0.4, -0.2) is 65.4 Å². The quantitative estimate of drug-likeness (QED) is 0.791. The van der Waals surface area contributed by atoms with E-state index in [4.69, 9.17) is 14.7 Å². The fourth-order valence-corrected chi connectivity index (χ4v) is 4.75. The first-order valence-electron chi connectivity index (χ1n) is 11.2. The predicted molar refractivity (Wildman–Crippen MR) is 122 cm³/mol. The fraction of sp³-hybridized carbons (Fsp3) is 0.500. The van der Waals surface area contributed by atoms with Crippen LogP contribution in [0.3, 0.4) is 0 Å². The van der Waals surface area contributed by atoms with E-state index in [-0.39, 0.29) is 17.7 Å². The molecule has 0 spiro atoms. The maximum Gasteiger partial charge on any atom is 0.257 e. The van der Waals surface area contributed by atoms with Crippen LogP contribution in [0.4, 0.5) is 5.82 Å². The second-order valence-corrected chi connectivity index (χ2v) is 8.54. The number of methoxy groups -OCH3 is 1. The van der Waals surface area contributed by atoms with Gasteiger partial charge in [-0.3, -0.25) is 9.59 Å². The number of aryl methyl sites for hydroxylation is 1. The number of piperidine rings is 1. The van der Waals surface area contributed by atoms with Crippen LogP contribution < -0.4 is 10.1 Å². The van der Waals surface area contributed by atoms with Crippen LogP contribution >= 0.6 is 0 Å². The summed E-state index contributed by atoms with van der Waals surface area (Å²) in [7, 11) is 3.46. The number of carbonyl (C=O) groups is 2. The summed E-state index contributed by atoms with van der Waals surface area (Å²) in [6.07, 6.45) is 2.59. The van der Waals surface area contributed by atoms with E-state index in [9.17, 15) is 9.59 Å². The average molecular weight is 438 g/mol. The molecule has 8 heteroatoms. The first kappa shape index (κ1) is 22.0. The van der Waals surface area contributed by atoms with Crippen molar-refractivity contribution in [2.24, 2.45) is 0 Å². The molecule has 1 saturated heterocycles. The van der Waals surface area contributed by atoms with E-state index in [0.717, 1.165) is 47.8 Å². The van der Waals surface area contributed by atoms with Crippen molar-refractivity contribution in [3.63, 3.8) is 0 Å². The molecule has 0 saturated carbocycles. The largest absolute Gasteiger partial charge is 0.496 e. The predicted octanol–water partition coefficient (Wildman–Crippen LogP) is 2.76. The molecule has 1 aromatic heterocycles. The minimum absolute atomic E-state index is 0.0530. The Balaban J connectivity index is 1.62. The molecular weight excluding hydrogens is 406 g/mol. The van der Waals surface area contributed by atoms with Crippen molar-refractivity contribution < 1.29 is 14.3 Å². The third-order valence-corrected chi connectivity index (χ3v) is 6.48. The molecule has 1 N–H and O–H groups in total. The number of hydrogen-bond acceptors (Lipinski definition) is 6. The molecule has 2 aliphatic heterocycles. The number of anilines is 1. The number of amides is 2. The summed E-state index contributed by atoms with van der Waals surface area (Å²) in [4.78, 5) is 38.6. The van der Waals surface area contributed by atoms with Crippen molar-refractivity contribution in [1.82, 2.24) is 19.8 Å². The highest BCUT2D eigenvalue weighted by molar-refractivity contribution is 5.97. The van der Waals surface area contributed by atoms with Crippen molar-refractivity contribution >= 4 is 17.6 Å². The Bertz CT molecular complexity index is 1040. The average Bonchev–Trinajstić information content (AvgIpc) is 2.82. The maximum absolute atomic E-state index is 13.3. The van der Waals surface area contributed by atoms with Gasteiger partial charge in [-0.25, -0.2) is 9.97 Å². The minimum Gasteiger partial charge on any atom is -0.496 e. The second kappa shape index (κ2) is 9.14. The lowest BCUT2D eigenvalue weighted by atomic mass is 9.96. The molecule has 32 heavy (non-hydrogen) atoms. The highest BCUT2D eigenvalue weighted by Crippen LogP contribution is 2.31. The topological polar surface area (TPSA) is 87.7 Å². The van der Waals surface area contributed by atoms with E-state index >= 15 is 0 Å². The van der Waals surface area contributed by atoms with Gasteiger partial charge in [0, 0.05) is 45.1 Å². The second-order valence-electron chi connectivity index (χ2n) is 8.54. The molecule has 1 unspecified atom stereocenters. The smallest absolute Gasteiger partial charge is 0.257 e. The Kier molecular flexibility index (Phi) is 6.30. The third kappa shape index (κ3) is 4.13. The van der Waals surface area contributed by atoms with Crippen LogP contribution in [-0.2, 0) is 17.8 Å². The van der Waals surface area contributed by atoms with Crippen molar-refractivity contribution in [3.05, 3.63) is 46.4 Å². The molecule has 3 heterocycles. The van der Waals surface area contributed by atoms with Gasteiger partial charge in [0.2, 0.25) is 5.91 Å². The number of aromatic nitrogens is 2. The number of benzene rings is 1. The van der Waals surface area contributed by atoms with Crippen LogP contribution in [0.5, 0.6) is 5.75 Å². The van der Waals surface area contributed by atoms with E-state index < -0.39 is 0 Å². The first-order valence-corrected chi connectivity index (χ1v) is 11.2. The summed E-state index contributed by atoms with van der Waals surface area (Å²) in [5.74, 6) is 2.34. The SMILES string of the molecule is CNc1nc(C2CCCN(C(C)=O)C2)nc2c1CCN(C(=O)c1cccc(C)c1OC)C2. The summed E-state index contributed by atoms with van der Waals surface area (Å²) >= 11 is 0. The summed E-state index contributed by atoms with van der Waals surface area (Å²) < 4.78 is 5.51. The lowest BCUT2D eigenvalue weighted by Gasteiger charge is -2.33. The Morgan fingerprint density at radius 3 is 2.72 bits per heavy atom. The van der Waals surface area contributed by atoms with Crippen molar-refractivity contribution in [1.29, 1.82) is 0 Å². The molecule has 2 amide bonds. The van der Waals surface area contributed by atoms with E-state index in [0.29, 0.717) is 37.4 Å². The summed E-state index contributed by atoms with van der Waals surface area (Å²) in [6, 6.07) is 5.63. The zero-order valence-electron chi connectivity index (χ0n) is 19.3. The van der Waals surface area contributed by atoms with Gasteiger partial charge in [0.25, 0.3) is 5.91 Å². The molecule has 8 nitrogen and oxygen atoms in total. The van der Waals surface area contributed by atoms with Gasteiger partial charge in [-0.2, -0.15) is 0 Å². The minimum atomic E-state index is -0.0530. The number of rotatable bonds is 4. The molecule has 1 aromatic carbocycles. The molecule has 2 aliphatic rings. The molecule has 170 valence electrons. The van der Waals surface area contributed by atoms with Gasteiger partial charge < -0.3 is 19.9 Å². The van der Waals surface area contributed by atoms with Gasteiger partial charge in [0.15, 0.2) is 0 Å². The van der Waals surface area contributed by atoms with Crippen LogP contribution in [0.15, 0.2) is 18.2 Å². The molecule has 1 atom stereocenters. The number of nitrogens with zero attached hydrogens (tertiary/aromatic N) is 4. The van der Waals surface area contributed by atoms with Crippen LogP contribution in [0.1, 0.15) is 58.7 Å². The van der Waals surface area contributed by atoms with E-state index in [1.807, 2.05) is 42.0 Å². The highest BCUT2D eigenvalue weighted by atomic mass is 16.5. The Labute approximate surface area is 189 Å². The number of carbonyl (C=O) groups excluding carboxylic acids is 2. The number of nitrogens with one attached hydrogen (secondary N) is 1. The monoisotopic (exact) mass is 437 g/mol. The van der Waals surface area contributed by atoms with Crippen LogP contribution in [0, 0.1) is 6.92 Å². The first-order chi connectivity index (χ1) is 15.4. The molecule has 1 fully saturated rings. The van der Waals surface area contributed by atoms with Gasteiger partial charge in [-0.15, -0.1) is 0 Å². The van der Waals surface area contributed by atoms with Gasteiger partial charge in [-0.1, -0.05) is 12.1 Å². The maximum atomic E-state index is 13.3. The number of fused-ring (bicyclic) bond motifs is 1. The molecule has 2 aromatic rings. The lowest BCUT2D eigenvalue weighted by molar-refractivity contribution is -0.130. The number of para-hydroxylation sites is 1. The van der Waals surface area contributed by atoms with Gasteiger partial charge in [0.1, 0.15) is 17.4 Å². The highest BCUT2D eigenvalue weighted by Gasteiger charge is 2.30. The van der Waals surface area contributed by atoms with Gasteiger partial charge >= 0.3 is 0 Å². The fourth-order valence-electron chi connectivity index (χ4n) is 4.75. The van der Waals surface area contributed by atoms with Crippen molar-refractivity contribution in [3.8, 4) is 5.75 Å². The molecule has 0 radical (unpaired) electrons. The van der Waals surface area contributed by atoms with E-state index in [1.165, 1.54) is 0 Å². The van der Waals surface area contributed by atoms with Crippen LogP contribution in [0.2, 0.25) is 0 Å². The molecule has 0 aliphatic carbocycles. The Hall–Kier alpha value is -3.16. The zero-order valence-corrected chi connectivity index (χ0v) is 19.3. The summed E-state index contributed by atoms with van der Waals surface area (Å²) in [5, 5.41) is 3.21. The third-order valence-electron chi connectivity index (χ3n) is 6.48. The number of ether oxygens (including phenoxy) is 1. The van der Waals surface area contributed by atoms with Gasteiger partial charge in [0.05, 0.1) is 24.9 Å². The molecule has 4 rings (SSSR count). The van der Waals surface area contributed by atoms with Crippen molar-refractivity contribution in [2.75, 3.05) is 39.1 Å². The Morgan fingerprint density at radius 2 is 2.00 bits per heavy atom. The standard InChI is InChI=1S/C24H31N5O3/c1-15-7-5-9-19(21(15)32-4)24(31)29-12-10-18-20(14-29)26-22(27-23(18)25-3)17-8-6-11-28(13-17)16(2)30/h5,7,9,17H,6,8,10-14H2,1-4H3,(H,25,26,27). The number of hydrogen-bond donors (Lipinski definition) is 1. The van der Waals surface area contributed by atoms with Crippen LogP contribution in [0.25, 0.3) is 0 Å². The Morgan fingerprint density at radius 1 is 1.19 bits per heavy atom. The summed E-state index contributed by atoms with van der Waals surface area (Å²) in [5.41, 5.74) is 3.45. The molecular formula is C24H31N5O3. The van der Waals surface area contributed by atoms with Crippen molar-refractivity contribution in [2.45, 2.75) is 45.6 Å². The van der Waals surface area contributed by atoms with Gasteiger partial charge in [-0.05, 0) is 37.8 Å². The normalized spacial score (nSPS) is 18.2. The zero-order chi connectivity index (χ0) is 22.8. The van der Waals surface area contributed by atoms with E-state index in [1.54, 1.807) is 14.0 Å². The summed E-state index contributed by atoms with van der Waals surface area (Å²) in [6.45, 7) is 6.00. The molecule has 0 bridgehead atoms.